The first kappa shape index (κ1) is 96.1. The van der Waals surface area contributed by atoms with Crippen LogP contribution >= 0.6 is 15.6 Å². The summed E-state index contributed by atoms with van der Waals surface area (Å²) >= 11 is 0. The highest BCUT2D eigenvalue weighted by Crippen LogP contribution is 2.45. The molecule has 0 saturated heterocycles. The maximum atomic E-state index is 13.1. The SMILES string of the molecule is CCCCCCCCCCCCCCCC(=O)OC[C@H](COP(=O)(O)OC[C@@H](O)COP(=O)(O)OC[C@@H](COC(=O)CCCCCCCCCCC(C)CC)OC(=O)CCCCCCCCCCC(C)CC)OC(=O)CCCCCCCCCCCCCCCCCCCCC(C)C. The molecule has 17 nitrogen and oxygen atoms in total. The Labute approximate surface area is 600 Å². The van der Waals surface area contributed by atoms with Crippen LogP contribution in [0.25, 0.3) is 0 Å². The average molecular weight is 1440 g/mol. The molecule has 0 aromatic heterocycles. The number of carbonyl (C=O) groups is 4. The zero-order valence-corrected chi connectivity index (χ0v) is 66.0. The summed E-state index contributed by atoms with van der Waals surface area (Å²) in [6, 6.07) is 0. The first-order valence-corrected chi connectivity index (χ1v) is 43.9. The largest absolute Gasteiger partial charge is 0.472 e. The molecule has 0 spiro atoms. The molecule has 0 aliphatic rings. The Kier molecular flexibility index (Phi) is 68.1. The predicted molar refractivity (Wildman–Crippen MR) is 400 cm³/mol. The maximum Gasteiger partial charge on any atom is 0.472 e. The van der Waals surface area contributed by atoms with Gasteiger partial charge in [-0.1, -0.05) is 357 Å². The average Bonchev–Trinajstić information content (AvgIpc) is 0.998. The number of rotatable bonds is 77. The number of aliphatic hydroxyl groups excluding tert-OH is 1. The first-order chi connectivity index (χ1) is 47.3. The third-order valence-corrected chi connectivity index (χ3v) is 21.0. The number of phosphoric acid groups is 2. The van der Waals surface area contributed by atoms with Gasteiger partial charge in [-0.25, -0.2) is 9.13 Å². The lowest BCUT2D eigenvalue weighted by molar-refractivity contribution is -0.161. The van der Waals surface area contributed by atoms with Crippen LogP contribution in [-0.2, 0) is 65.4 Å². The summed E-state index contributed by atoms with van der Waals surface area (Å²) in [6.07, 6.45) is 56.8. The zero-order valence-electron chi connectivity index (χ0n) is 64.3. The maximum absolute atomic E-state index is 13.1. The fourth-order valence-corrected chi connectivity index (χ4v) is 13.6. The van der Waals surface area contributed by atoms with Crippen molar-refractivity contribution >= 4 is 39.5 Å². The molecule has 0 amide bonds. The number of aliphatic hydroxyl groups is 1. The molecular formula is C79H154O17P2. The number of unbranched alkanes of at least 4 members (excludes halogenated alkanes) is 43. The van der Waals surface area contributed by atoms with Gasteiger partial charge in [-0.2, -0.15) is 0 Å². The molecule has 7 atom stereocenters. The highest BCUT2D eigenvalue weighted by atomic mass is 31.2. The van der Waals surface area contributed by atoms with E-state index in [1.165, 1.54) is 218 Å². The van der Waals surface area contributed by atoms with Crippen molar-refractivity contribution in [1.29, 1.82) is 0 Å². The van der Waals surface area contributed by atoms with Crippen LogP contribution in [0.15, 0.2) is 0 Å². The molecule has 0 aliphatic carbocycles. The molecule has 19 heteroatoms. The third-order valence-electron chi connectivity index (χ3n) is 19.1. The van der Waals surface area contributed by atoms with E-state index < -0.39 is 97.5 Å². The second kappa shape index (κ2) is 69.4. The van der Waals surface area contributed by atoms with Gasteiger partial charge in [0.25, 0.3) is 0 Å². The van der Waals surface area contributed by atoms with Crippen LogP contribution < -0.4 is 0 Å². The molecule has 0 aromatic rings. The Balaban J connectivity index is 5.23. The van der Waals surface area contributed by atoms with Crippen LogP contribution in [0.2, 0.25) is 0 Å². The van der Waals surface area contributed by atoms with Crippen molar-refractivity contribution in [1.82, 2.24) is 0 Å². The summed E-state index contributed by atoms with van der Waals surface area (Å²) in [4.78, 5) is 72.9. The lowest BCUT2D eigenvalue weighted by atomic mass is 9.99. The van der Waals surface area contributed by atoms with Crippen LogP contribution in [0.3, 0.4) is 0 Å². The monoisotopic (exact) mass is 1440 g/mol. The lowest BCUT2D eigenvalue weighted by Crippen LogP contribution is -2.30. The van der Waals surface area contributed by atoms with E-state index in [0.717, 1.165) is 108 Å². The van der Waals surface area contributed by atoms with Gasteiger partial charge in [0, 0.05) is 25.7 Å². The van der Waals surface area contributed by atoms with Crippen LogP contribution in [-0.4, -0.2) is 96.7 Å². The molecule has 0 heterocycles. The summed E-state index contributed by atoms with van der Waals surface area (Å²) in [7, 11) is -9.92. The molecule has 0 bridgehead atoms. The van der Waals surface area contributed by atoms with E-state index in [2.05, 4.69) is 48.5 Å². The minimum Gasteiger partial charge on any atom is -0.462 e. The highest BCUT2D eigenvalue weighted by Gasteiger charge is 2.30. The third kappa shape index (κ3) is 69.8. The fraction of sp³-hybridized carbons (Fsp3) is 0.949. The Morgan fingerprint density at radius 1 is 0.296 bits per heavy atom. The van der Waals surface area contributed by atoms with Gasteiger partial charge in [0.15, 0.2) is 12.2 Å². The van der Waals surface area contributed by atoms with Gasteiger partial charge < -0.3 is 33.8 Å². The molecule has 98 heavy (non-hydrogen) atoms. The Hall–Kier alpha value is -1.94. The van der Waals surface area contributed by atoms with Crippen LogP contribution in [0.1, 0.15) is 408 Å². The molecule has 0 saturated carbocycles. The first-order valence-electron chi connectivity index (χ1n) is 40.9. The Morgan fingerprint density at radius 3 is 0.776 bits per heavy atom. The second-order valence-electron chi connectivity index (χ2n) is 29.4. The minimum atomic E-state index is -4.96. The van der Waals surface area contributed by atoms with Gasteiger partial charge >= 0.3 is 39.5 Å². The normalized spacial score (nSPS) is 14.6. The zero-order chi connectivity index (χ0) is 72.3. The predicted octanol–water partition coefficient (Wildman–Crippen LogP) is 23.4. The van der Waals surface area contributed by atoms with Crippen molar-refractivity contribution in [2.45, 2.75) is 426 Å². The quantitative estimate of drug-likeness (QED) is 0.0222. The van der Waals surface area contributed by atoms with Crippen molar-refractivity contribution < 1.29 is 80.2 Å². The fourth-order valence-electron chi connectivity index (χ4n) is 12.1. The number of ether oxygens (including phenoxy) is 4. The number of hydrogen-bond acceptors (Lipinski definition) is 15. The van der Waals surface area contributed by atoms with Gasteiger partial charge in [-0.15, -0.1) is 0 Å². The molecule has 0 aliphatic heterocycles. The van der Waals surface area contributed by atoms with E-state index in [4.69, 9.17) is 37.0 Å². The van der Waals surface area contributed by atoms with Crippen molar-refractivity contribution in [3.05, 3.63) is 0 Å². The molecule has 4 unspecified atom stereocenters. The van der Waals surface area contributed by atoms with E-state index in [-0.39, 0.29) is 25.7 Å². The highest BCUT2D eigenvalue weighted by molar-refractivity contribution is 7.47. The van der Waals surface area contributed by atoms with Gasteiger partial charge in [0.1, 0.15) is 19.3 Å². The molecular weight excluding hydrogens is 1280 g/mol. The van der Waals surface area contributed by atoms with Crippen LogP contribution in [0, 0.1) is 17.8 Å². The summed E-state index contributed by atoms with van der Waals surface area (Å²) in [5, 5.41) is 10.6. The summed E-state index contributed by atoms with van der Waals surface area (Å²) in [5.74, 6) is 0.253. The molecule has 0 rings (SSSR count). The van der Waals surface area contributed by atoms with E-state index in [0.29, 0.717) is 25.7 Å². The van der Waals surface area contributed by atoms with E-state index in [1.54, 1.807) is 0 Å². The molecule has 0 aromatic carbocycles. The Morgan fingerprint density at radius 2 is 0.520 bits per heavy atom. The standard InChI is InChI=1S/C79H154O17P2/c1-8-11-12-13-14-15-16-23-27-30-39-46-53-60-76(81)89-66-74(95-78(83)62-55-48-41-31-28-25-22-20-18-17-19-21-24-26-29-36-43-50-57-70(4)5)68-93-97(85,86)91-64-73(80)65-92-98(87,88)94-69-75(96-79(84)63-56-49-42-35-33-38-45-52-59-72(7)10-3)67-90-77(82)61-54-47-40-34-32-37-44-51-58-71(6)9-2/h70-75,80H,8-69H2,1-7H3,(H,85,86)(H,87,88)/t71?,72?,73-,74-,75-/m1/s1. The van der Waals surface area contributed by atoms with E-state index in [1.807, 2.05) is 0 Å². The molecule has 0 radical (unpaired) electrons. The number of hydrogen-bond donors (Lipinski definition) is 3. The topological polar surface area (TPSA) is 237 Å². The van der Waals surface area contributed by atoms with Gasteiger partial charge in [0.05, 0.1) is 26.4 Å². The molecule has 582 valence electrons. The van der Waals surface area contributed by atoms with Gasteiger partial charge in [-0.3, -0.25) is 37.3 Å². The minimum absolute atomic E-state index is 0.105. The van der Waals surface area contributed by atoms with Crippen LogP contribution in [0.5, 0.6) is 0 Å². The van der Waals surface area contributed by atoms with E-state index >= 15 is 0 Å². The number of esters is 4. The van der Waals surface area contributed by atoms with Crippen molar-refractivity contribution in [2.24, 2.45) is 17.8 Å². The van der Waals surface area contributed by atoms with Crippen molar-refractivity contribution in [2.75, 3.05) is 39.6 Å². The summed E-state index contributed by atoms with van der Waals surface area (Å²) < 4.78 is 68.6. The van der Waals surface area contributed by atoms with Gasteiger partial charge in [0.2, 0.25) is 0 Å². The van der Waals surface area contributed by atoms with Crippen LogP contribution in [0.4, 0.5) is 0 Å². The second-order valence-corrected chi connectivity index (χ2v) is 32.3. The van der Waals surface area contributed by atoms with E-state index in [9.17, 15) is 43.2 Å². The summed E-state index contributed by atoms with van der Waals surface area (Å²) in [5.41, 5.74) is 0. The number of phosphoric ester groups is 2. The number of carbonyl (C=O) groups excluding carboxylic acids is 4. The van der Waals surface area contributed by atoms with Crippen molar-refractivity contribution in [3.63, 3.8) is 0 Å². The molecule has 3 N–H and O–H groups in total. The molecule has 0 fully saturated rings. The Bertz CT molecular complexity index is 1910. The smallest absolute Gasteiger partial charge is 0.462 e. The lowest BCUT2D eigenvalue weighted by Gasteiger charge is -2.21. The van der Waals surface area contributed by atoms with Crippen molar-refractivity contribution in [3.8, 4) is 0 Å². The summed E-state index contributed by atoms with van der Waals surface area (Å²) in [6.45, 7) is 12.0. The van der Waals surface area contributed by atoms with Gasteiger partial charge in [-0.05, 0) is 43.4 Å².